The topological polar surface area (TPSA) is 38.7 Å². The minimum Gasteiger partial charge on any atom is -0.331 e. The molecule has 0 spiro atoms. The maximum absolute atomic E-state index is 13.3. The molecule has 0 saturated carbocycles. The first-order valence-electron chi connectivity index (χ1n) is 3.14. The molecule has 1 aliphatic rings. The third kappa shape index (κ3) is 1.35. The van der Waals surface area contributed by atoms with E-state index in [-0.39, 0.29) is 0 Å². The van der Waals surface area contributed by atoms with Crippen LogP contribution in [0.25, 0.3) is 0 Å². The number of nitrogens with zero attached hydrogens (tertiary/aromatic N) is 1. The summed E-state index contributed by atoms with van der Waals surface area (Å²) in [6, 6.07) is 0. The Morgan fingerprint density at radius 3 is 3.00 bits per heavy atom. The Hall–Kier alpha value is -1.03. The summed E-state index contributed by atoms with van der Waals surface area (Å²) >= 11 is 0. The van der Waals surface area contributed by atoms with Crippen LogP contribution in [0.4, 0.5) is 4.39 Å². The first-order chi connectivity index (χ1) is 5.23. The normalized spacial score (nSPS) is 35.6. The first kappa shape index (κ1) is 8.07. The molecule has 0 aliphatic carbocycles. The highest BCUT2D eigenvalue weighted by atomic mass is 19.2. The van der Waals surface area contributed by atoms with Crippen molar-refractivity contribution in [3.8, 4) is 0 Å². The number of dihydropyridines is 1. The molecule has 0 aromatic carbocycles. The van der Waals surface area contributed by atoms with Crippen molar-refractivity contribution in [3.63, 3.8) is 0 Å². The van der Waals surface area contributed by atoms with Crippen LogP contribution in [0, 0.1) is 5.92 Å². The maximum atomic E-state index is 13.3. The van der Waals surface area contributed by atoms with Crippen molar-refractivity contribution in [2.75, 3.05) is 7.11 Å². The molecule has 1 rings (SSSR count). The molecule has 3 nitrogen and oxygen atoms in total. The zero-order valence-corrected chi connectivity index (χ0v) is 6.03. The molecule has 11 heavy (non-hydrogen) atoms. The lowest BCUT2D eigenvalue weighted by atomic mass is 10.1. The van der Waals surface area contributed by atoms with Crippen LogP contribution >= 0.6 is 0 Å². The van der Waals surface area contributed by atoms with Crippen LogP contribution in [0.1, 0.15) is 0 Å². The van der Waals surface area contributed by atoms with Crippen LogP contribution in [0.2, 0.25) is 0 Å². The van der Waals surface area contributed by atoms with Crippen LogP contribution in [0.5, 0.6) is 0 Å². The molecule has 0 aromatic rings. The predicted molar refractivity (Wildman–Crippen MR) is 38.0 cm³/mol. The standard InChI is InChI=1S/C7H8FNO2/c1-11-7(8)6(5-10)3-2-4-9-7/h2-6H,1H3. The van der Waals surface area contributed by atoms with Crippen molar-refractivity contribution < 1.29 is 13.9 Å². The van der Waals surface area contributed by atoms with Gasteiger partial charge in [-0.2, -0.15) is 4.39 Å². The van der Waals surface area contributed by atoms with E-state index in [0.29, 0.717) is 6.29 Å². The minimum atomic E-state index is -2.20. The molecule has 4 heteroatoms. The molecule has 0 radical (unpaired) electrons. The molecule has 1 aliphatic heterocycles. The monoisotopic (exact) mass is 157 g/mol. The van der Waals surface area contributed by atoms with Gasteiger partial charge in [-0.1, -0.05) is 6.08 Å². The van der Waals surface area contributed by atoms with Crippen molar-refractivity contribution in [2.45, 2.75) is 5.98 Å². The Morgan fingerprint density at radius 2 is 2.55 bits per heavy atom. The molecular weight excluding hydrogens is 149 g/mol. The van der Waals surface area contributed by atoms with Gasteiger partial charge in [0.05, 0.1) is 0 Å². The minimum absolute atomic E-state index is 0.469. The molecule has 60 valence electrons. The second kappa shape index (κ2) is 2.92. The van der Waals surface area contributed by atoms with Crippen LogP contribution < -0.4 is 0 Å². The van der Waals surface area contributed by atoms with Gasteiger partial charge in [-0.15, -0.1) is 0 Å². The summed E-state index contributed by atoms with van der Waals surface area (Å²) in [6.07, 6.45) is 4.65. The number of carbonyl (C=O) groups is 1. The molecule has 0 aromatic heterocycles. The van der Waals surface area contributed by atoms with Crippen molar-refractivity contribution in [1.29, 1.82) is 0 Å². The summed E-state index contributed by atoms with van der Waals surface area (Å²) in [5.74, 6) is -3.13. The van der Waals surface area contributed by atoms with Gasteiger partial charge in [-0.3, -0.25) is 0 Å². The van der Waals surface area contributed by atoms with E-state index >= 15 is 0 Å². The van der Waals surface area contributed by atoms with Crippen molar-refractivity contribution in [3.05, 3.63) is 12.2 Å². The van der Waals surface area contributed by atoms with E-state index in [1.165, 1.54) is 25.5 Å². The van der Waals surface area contributed by atoms with E-state index in [0.717, 1.165) is 0 Å². The molecule has 0 bridgehead atoms. The Balaban J connectivity index is 2.85. The van der Waals surface area contributed by atoms with Crippen LogP contribution in [0.3, 0.4) is 0 Å². The number of carbonyl (C=O) groups excluding carboxylic acids is 1. The Bertz CT molecular complexity index is 214. The average molecular weight is 157 g/mol. The first-order valence-corrected chi connectivity index (χ1v) is 3.14. The van der Waals surface area contributed by atoms with Crippen molar-refractivity contribution in [2.24, 2.45) is 10.9 Å². The maximum Gasteiger partial charge on any atom is 0.319 e. The summed E-state index contributed by atoms with van der Waals surface area (Å²) in [4.78, 5) is 13.7. The number of methoxy groups -OCH3 is 1. The Kier molecular flexibility index (Phi) is 2.14. The fourth-order valence-corrected chi connectivity index (χ4v) is 0.837. The Labute approximate surface area is 63.6 Å². The molecule has 0 amide bonds. The smallest absolute Gasteiger partial charge is 0.319 e. The zero-order valence-electron chi connectivity index (χ0n) is 6.03. The Morgan fingerprint density at radius 1 is 1.82 bits per heavy atom. The van der Waals surface area contributed by atoms with Crippen molar-refractivity contribution in [1.82, 2.24) is 0 Å². The van der Waals surface area contributed by atoms with Gasteiger partial charge in [0.2, 0.25) is 0 Å². The number of ether oxygens (including phenoxy) is 1. The highest BCUT2D eigenvalue weighted by molar-refractivity contribution is 5.75. The van der Waals surface area contributed by atoms with Gasteiger partial charge in [0.15, 0.2) is 0 Å². The van der Waals surface area contributed by atoms with E-state index in [9.17, 15) is 9.18 Å². The largest absolute Gasteiger partial charge is 0.331 e. The van der Waals surface area contributed by atoms with Gasteiger partial charge in [-0.25, -0.2) is 4.99 Å². The second-order valence-corrected chi connectivity index (χ2v) is 2.14. The van der Waals surface area contributed by atoms with Gasteiger partial charge in [0.1, 0.15) is 12.2 Å². The summed E-state index contributed by atoms with van der Waals surface area (Å²) < 4.78 is 17.7. The highest BCUT2D eigenvalue weighted by Crippen LogP contribution is 2.26. The van der Waals surface area contributed by atoms with E-state index in [4.69, 9.17) is 0 Å². The zero-order chi connectivity index (χ0) is 8.32. The summed E-state index contributed by atoms with van der Waals surface area (Å²) in [5, 5.41) is 0. The number of hydrogen-bond donors (Lipinski definition) is 0. The number of allylic oxidation sites excluding steroid dienone is 1. The summed E-state index contributed by atoms with van der Waals surface area (Å²) in [7, 11) is 1.17. The molecule has 0 fully saturated rings. The molecule has 1 heterocycles. The lowest BCUT2D eigenvalue weighted by molar-refractivity contribution is -0.151. The summed E-state index contributed by atoms with van der Waals surface area (Å²) in [6.45, 7) is 0. The van der Waals surface area contributed by atoms with E-state index < -0.39 is 11.9 Å². The second-order valence-electron chi connectivity index (χ2n) is 2.14. The molecule has 0 N–H and O–H groups in total. The quantitative estimate of drug-likeness (QED) is 0.437. The van der Waals surface area contributed by atoms with E-state index in [1.54, 1.807) is 0 Å². The highest BCUT2D eigenvalue weighted by Gasteiger charge is 2.38. The SMILES string of the molecule is COC1(F)N=CC=CC1C=O. The predicted octanol–water partition coefficient (Wildman–Crippen LogP) is 0.712. The van der Waals surface area contributed by atoms with Crippen LogP contribution in [0.15, 0.2) is 17.1 Å². The van der Waals surface area contributed by atoms with Gasteiger partial charge in [0.25, 0.3) is 0 Å². The lowest BCUT2D eigenvalue weighted by Crippen LogP contribution is -2.34. The van der Waals surface area contributed by atoms with E-state index in [1.807, 2.05) is 0 Å². The van der Waals surface area contributed by atoms with Gasteiger partial charge >= 0.3 is 5.98 Å². The number of aldehydes is 1. The molecule has 0 saturated heterocycles. The van der Waals surface area contributed by atoms with E-state index in [2.05, 4.69) is 9.73 Å². The lowest BCUT2D eigenvalue weighted by Gasteiger charge is -2.23. The number of aliphatic imine (C=N–C) groups is 1. The fourth-order valence-electron chi connectivity index (χ4n) is 0.837. The number of hydrogen-bond acceptors (Lipinski definition) is 3. The molecule has 2 atom stereocenters. The average Bonchev–Trinajstić information content (AvgIpc) is 2.05. The molecular formula is C7H8FNO2. The third-order valence-corrected chi connectivity index (χ3v) is 1.50. The number of halogens is 1. The van der Waals surface area contributed by atoms with Gasteiger partial charge in [-0.05, 0) is 6.08 Å². The fraction of sp³-hybridized carbons (Fsp3) is 0.429. The van der Waals surface area contributed by atoms with Crippen LogP contribution in [-0.2, 0) is 9.53 Å². The molecule has 2 unspecified atom stereocenters. The van der Waals surface area contributed by atoms with Crippen LogP contribution in [-0.4, -0.2) is 25.6 Å². The van der Waals surface area contributed by atoms with Gasteiger partial charge in [0, 0.05) is 13.3 Å². The number of alkyl halides is 1. The third-order valence-electron chi connectivity index (χ3n) is 1.50. The van der Waals surface area contributed by atoms with Crippen molar-refractivity contribution >= 4 is 12.5 Å². The number of rotatable bonds is 2. The van der Waals surface area contributed by atoms with Gasteiger partial charge < -0.3 is 9.53 Å². The summed E-state index contributed by atoms with van der Waals surface area (Å²) in [5.41, 5.74) is 0.